The van der Waals surface area contributed by atoms with Gasteiger partial charge >= 0.3 is 0 Å². The number of aryl methyl sites for hydroxylation is 2. The molecular weight excluding hydrogens is 324 g/mol. The van der Waals surface area contributed by atoms with Crippen LogP contribution in [0.2, 0.25) is 0 Å². The minimum absolute atomic E-state index is 0.280. The summed E-state index contributed by atoms with van der Waals surface area (Å²) in [6.07, 6.45) is 6.53. The van der Waals surface area contributed by atoms with Crippen molar-refractivity contribution in [3.63, 3.8) is 0 Å². The Morgan fingerprint density at radius 1 is 1.08 bits per heavy atom. The van der Waals surface area contributed by atoms with E-state index in [0.29, 0.717) is 12.5 Å². The normalized spacial score (nSPS) is 18.7. The molecule has 1 fully saturated rings. The number of amides is 1. The maximum Gasteiger partial charge on any atom is 0.223 e. The monoisotopic (exact) mass is 352 g/mol. The molecular formula is C21H28N4O. The number of carbonyl (C=O) groups excluding carboxylic acids is 1. The molecule has 1 saturated heterocycles. The topological polar surface area (TPSA) is 41.4 Å². The minimum atomic E-state index is 0.280. The van der Waals surface area contributed by atoms with Crippen LogP contribution in [0.1, 0.15) is 29.7 Å². The van der Waals surface area contributed by atoms with Crippen LogP contribution >= 0.6 is 0 Å². The first kappa shape index (κ1) is 17.3. The van der Waals surface area contributed by atoms with Crippen LogP contribution in [-0.4, -0.2) is 57.7 Å². The third kappa shape index (κ3) is 3.68. The summed E-state index contributed by atoms with van der Waals surface area (Å²) in [6.45, 7) is 3.84. The quantitative estimate of drug-likeness (QED) is 0.846. The fraction of sp³-hybridized carbons (Fsp3) is 0.524. The lowest BCUT2D eigenvalue weighted by molar-refractivity contribution is -0.131. The summed E-state index contributed by atoms with van der Waals surface area (Å²) in [4.78, 5) is 17.3. The van der Waals surface area contributed by atoms with Crippen molar-refractivity contribution >= 4 is 5.91 Å². The molecule has 5 nitrogen and oxygen atoms in total. The fourth-order valence-corrected chi connectivity index (χ4v) is 4.39. The number of benzene rings is 1. The van der Waals surface area contributed by atoms with Gasteiger partial charge < -0.3 is 4.90 Å². The summed E-state index contributed by atoms with van der Waals surface area (Å²) in [7, 11) is 1.93. The van der Waals surface area contributed by atoms with Crippen LogP contribution in [0.4, 0.5) is 0 Å². The van der Waals surface area contributed by atoms with Gasteiger partial charge in [-0.2, -0.15) is 5.10 Å². The Labute approximate surface area is 155 Å². The van der Waals surface area contributed by atoms with Crippen molar-refractivity contribution < 1.29 is 4.79 Å². The van der Waals surface area contributed by atoms with Gasteiger partial charge in [-0.1, -0.05) is 24.3 Å². The SMILES string of the molecule is Cn1nccc1CCC(=O)N1CCCN(C2Cc3ccccc3C2)CC1. The molecule has 0 N–H and O–H groups in total. The summed E-state index contributed by atoms with van der Waals surface area (Å²) in [6, 6.07) is 11.4. The van der Waals surface area contributed by atoms with Crippen LogP contribution in [0.15, 0.2) is 36.5 Å². The van der Waals surface area contributed by atoms with Crippen molar-refractivity contribution in [3.8, 4) is 0 Å². The van der Waals surface area contributed by atoms with Gasteiger partial charge in [-0.15, -0.1) is 0 Å². The van der Waals surface area contributed by atoms with Crippen molar-refractivity contribution in [2.75, 3.05) is 26.2 Å². The summed E-state index contributed by atoms with van der Waals surface area (Å²) in [5.74, 6) is 0.280. The molecule has 0 saturated carbocycles. The average Bonchev–Trinajstić information content (AvgIpc) is 3.18. The molecule has 1 aliphatic heterocycles. The van der Waals surface area contributed by atoms with Crippen molar-refractivity contribution in [2.45, 2.75) is 38.1 Å². The second-order valence-corrected chi connectivity index (χ2v) is 7.55. The lowest BCUT2D eigenvalue weighted by Gasteiger charge is -2.27. The van der Waals surface area contributed by atoms with E-state index in [2.05, 4.69) is 39.2 Å². The fourth-order valence-electron chi connectivity index (χ4n) is 4.39. The predicted octanol–water partition coefficient (Wildman–Crippen LogP) is 2.05. The Kier molecular flexibility index (Phi) is 5.07. The van der Waals surface area contributed by atoms with E-state index in [0.717, 1.165) is 57.6 Å². The first-order valence-corrected chi connectivity index (χ1v) is 9.76. The molecule has 1 aromatic carbocycles. The number of hydrogen-bond acceptors (Lipinski definition) is 3. The van der Waals surface area contributed by atoms with Crippen LogP contribution in [-0.2, 0) is 31.1 Å². The smallest absolute Gasteiger partial charge is 0.223 e. The van der Waals surface area contributed by atoms with Crippen molar-refractivity contribution in [1.29, 1.82) is 0 Å². The van der Waals surface area contributed by atoms with Gasteiger partial charge in [0, 0.05) is 57.6 Å². The number of aromatic nitrogens is 2. The maximum atomic E-state index is 12.6. The van der Waals surface area contributed by atoms with Crippen molar-refractivity contribution in [1.82, 2.24) is 19.6 Å². The maximum absolute atomic E-state index is 12.6. The Bertz CT molecular complexity index is 744. The number of carbonyl (C=O) groups is 1. The Morgan fingerprint density at radius 3 is 2.54 bits per heavy atom. The van der Waals surface area contributed by atoms with Crippen molar-refractivity contribution in [3.05, 3.63) is 53.3 Å². The third-order valence-electron chi connectivity index (χ3n) is 5.95. The van der Waals surface area contributed by atoms with Gasteiger partial charge in [-0.25, -0.2) is 0 Å². The number of fused-ring (bicyclic) bond motifs is 1. The standard InChI is InChI=1S/C21H28N4O/c1-23-19(9-10-22-23)7-8-21(26)25-12-4-11-24(13-14-25)20-15-17-5-2-3-6-18(17)16-20/h2-3,5-6,9-10,20H,4,7-8,11-16H2,1H3. The van der Waals surface area contributed by atoms with Crippen LogP contribution in [0.3, 0.4) is 0 Å². The number of hydrogen-bond donors (Lipinski definition) is 0. The number of rotatable bonds is 4. The van der Waals surface area contributed by atoms with E-state index in [1.807, 2.05) is 17.8 Å². The highest BCUT2D eigenvalue weighted by Crippen LogP contribution is 2.26. The lowest BCUT2D eigenvalue weighted by atomic mass is 10.1. The second kappa shape index (κ2) is 7.62. The minimum Gasteiger partial charge on any atom is -0.341 e. The van der Waals surface area contributed by atoms with Crippen LogP contribution in [0.25, 0.3) is 0 Å². The average molecular weight is 352 g/mol. The summed E-state index contributed by atoms with van der Waals surface area (Å²) in [5.41, 5.74) is 4.13. The van der Waals surface area contributed by atoms with E-state index in [-0.39, 0.29) is 5.91 Å². The van der Waals surface area contributed by atoms with E-state index in [9.17, 15) is 4.79 Å². The molecule has 2 aliphatic rings. The summed E-state index contributed by atoms with van der Waals surface area (Å²) < 4.78 is 1.86. The molecule has 26 heavy (non-hydrogen) atoms. The summed E-state index contributed by atoms with van der Waals surface area (Å²) in [5, 5.41) is 4.18. The highest BCUT2D eigenvalue weighted by Gasteiger charge is 2.28. The highest BCUT2D eigenvalue weighted by atomic mass is 16.2. The molecule has 138 valence electrons. The van der Waals surface area contributed by atoms with Gasteiger partial charge in [0.05, 0.1) is 0 Å². The molecule has 0 radical (unpaired) electrons. The molecule has 0 unspecified atom stereocenters. The van der Waals surface area contributed by atoms with Crippen LogP contribution in [0, 0.1) is 0 Å². The van der Waals surface area contributed by atoms with Gasteiger partial charge in [0.15, 0.2) is 0 Å². The Morgan fingerprint density at radius 2 is 1.85 bits per heavy atom. The largest absolute Gasteiger partial charge is 0.341 e. The van der Waals surface area contributed by atoms with E-state index < -0.39 is 0 Å². The molecule has 0 atom stereocenters. The molecule has 1 aromatic heterocycles. The molecule has 0 spiro atoms. The van der Waals surface area contributed by atoms with E-state index >= 15 is 0 Å². The van der Waals surface area contributed by atoms with Gasteiger partial charge in [-0.05, 0) is 42.9 Å². The zero-order valence-electron chi connectivity index (χ0n) is 15.6. The van der Waals surface area contributed by atoms with Gasteiger partial charge in [-0.3, -0.25) is 14.4 Å². The van der Waals surface area contributed by atoms with E-state index in [4.69, 9.17) is 0 Å². The highest BCUT2D eigenvalue weighted by molar-refractivity contribution is 5.76. The second-order valence-electron chi connectivity index (χ2n) is 7.55. The van der Waals surface area contributed by atoms with Crippen molar-refractivity contribution in [2.24, 2.45) is 7.05 Å². The molecule has 1 amide bonds. The third-order valence-corrected chi connectivity index (χ3v) is 5.95. The van der Waals surface area contributed by atoms with Crippen LogP contribution < -0.4 is 0 Å². The molecule has 4 rings (SSSR count). The van der Waals surface area contributed by atoms with E-state index in [1.165, 1.54) is 11.1 Å². The molecule has 2 aromatic rings. The molecule has 5 heteroatoms. The van der Waals surface area contributed by atoms with Gasteiger partial charge in [0.25, 0.3) is 0 Å². The molecule has 2 heterocycles. The Hall–Kier alpha value is -2.14. The van der Waals surface area contributed by atoms with Gasteiger partial charge in [0.1, 0.15) is 0 Å². The first-order valence-electron chi connectivity index (χ1n) is 9.76. The zero-order valence-corrected chi connectivity index (χ0v) is 15.6. The van der Waals surface area contributed by atoms with Crippen LogP contribution in [0.5, 0.6) is 0 Å². The number of nitrogens with zero attached hydrogens (tertiary/aromatic N) is 4. The zero-order chi connectivity index (χ0) is 17.9. The van der Waals surface area contributed by atoms with Gasteiger partial charge in [0.2, 0.25) is 5.91 Å². The predicted molar refractivity (Wildman–Crippen MR) is 102 cm³/mol. The molecule has 0 bridgehead atoms. The summed E-state index contributed by atoms with van der Waals surface area (Å²) >= 11 is 0. The van der Waals surface area contributed by atoms with E-state index in [1.54, 1.807) is 6.20 Å². The Balaban J connectivity index is 1.29. The molecule has 1 aliphatic carbocycles. The lowest BCUT2D eigenvalue weighted by Crippen LogP contribution is -2.40. The first-order chi connectivity index (χ1) is 12.7.